The van der Waals surface area contributed by atoms with Crippen LogP contribution in [0.3, 0.4) is 0 Å². The third kappa shape index (κ3) is 4.12. The molecule has 134 valence electrons. The quantitative estimate of drug-likeness (QED) is 0.536. The van der Waals surface area contributed by atoms with Crippen molar-refractivity contribution in [3.8, 4) is 5.82 Å². The Morgan fingerprint density at radius 1 is 1.00 bits per heavy atom. The number of benzene rings is 1. The maximum absolute atomic E-state index is 12.0. The van der Waals surface area contributed by atoms with E-state index >= 15 is 0 Å². The maximum Gasteiger partial charge on any atom is 0.246 e. The van der Waals surface area contributed by atoms with E-state index in [9.17, 15) is 4.79 Å². The average molecular weight is 361 g/mol. The van der Waals surface area contributed by atoms with Crippen LogP contribution in [0.15, 0.2) is 68.0 Å². The first-order chi connectivity index (χ1) is 13.3. The minimum absolute atomic E-state index is 0.109. The monoisotopic (exact) mass is 361 g/mol. The second-order valence-electron chi connectivity index (χ2n) is 5.57. The highest BCUT2D eigenvalue weighted by Crippen LogP contribution is 2.18. The molecule has 10 heteroatoms. The van der Waals surface area contributed by atoms with Gasteiger partial charge in [0, 0.05) is 29.8 Å². The number of amides is 1. The van der Waals surface area contributed by atoms with Crippen LogP contribution in [0.4, 0.5) is 17.2 Å². The molecule has 27 heavy (non-hydrogen) atoms. The first-order valence-electron chi connectivity index (χ1n) is 8.06. The van der Waals surface area contributed by atoms with Gasteiger partial charge in [-0.05, 0) is 24.3 Å². The number of aromatic nitrogens is 7. The zero-order valence-electron chi connectivity index (χ0n) is 14.1. The molecule has 0 radical (unpaired) electrons. The summed E-state index contributed by atoms with van der Waals surface area (Å²) < 4.78 is 3.25. The fourth-order valence-corrected chi connectivity index (χ4v) is 2.40. The molecule has 10 nitrogen and oxygen atoms in total. The molecular formula is C17H15N9O. The Morgan fingerprint density at radius 3 is 2.59 bits per heavy atom. The fraction of sp³-hybridized carbons (Fsp3) is 0.0588. The van der Waals surface area contributed by atoms with E-state index < -0.39 is 0 Å². The summed E-state index contributed by atoms with van der Waals surface area (Å²) in [4.78, 5) is 28.2. The molecule has 0 saturated carbocycles. The van der Waals surface area contributed by atoms with Crippen LogP contribution in [-0.2, 0) is 11.3 Å². The molecule has 0 atom stereocenters. The van der Waals surface area contributed by atoms with Crippen LogP contribution in [0.5, 0.6) is 0 Å². The van der Waals surface area contributed by atoms with E-state index in [4.69, 9.17) is 0 Å². The summed E-state index contributed by atoms with van der Waals surface area (Å²) in [6, 6.07) is 9.13. The van der Waals surface area contributed by atoms with E-state index in [1.54, 1.807) is 29.2 Å². The lowest BCUT2D eigenvalue weighted by Gasteiger charge is -2.09. The molecule has 3 heterocycles. The molecular weight excluding hydrogens is 346 g/mol. The van der Waals surface area contributed by atoms with Gasteiger partial charge in [0.15, 0.2) is 0 Å². The van der Waals surface area contributed by atoms with Crippen LogP contribution in [-0.4, -0.2) is 40.2 Å². The second kappa shape index (κ2) is 7.44. The molecule has 4 rings (SSSR count). The Kier molecular flexibility index (Phi) is 4.51. The SMILES string of the molecule is O=C(Cn1cncn1)Nc1ccc(Nc2cc(-n3ccnc3)ncn2)cc1. The lowest BCUT2D eigenvalue weighted by Crippen LogP contribution is -2.18. The Morgan fingerprint density at radius 2 is 1.85 bits per heavy atom. The van der Waals surface area contributed by atoms with Crippen molar-refractivity contribution in [3.05, 3.63) is 68.0 Å². The minimum Gasteiger partial charge on any atom is -0.340 e. The zero-order chi connectivity index (χ0) is 18.5. The van der Waals surface area contributed by atoms with E-state index in [1.165, 1.54) is 23.7 Å². The lowest BCUT2D eigenvalue weighted by molar-refractivity contribution is -0.116. The standard InChI is InChI=1S/C17H15N9O/c27-17(8-26-12-19-9-22-26)24-14-3-1-13(2-4-14)23-15-7-16(21-10-20-15)25-6-5-18-11-25/h1-7,9-12H,8H2,(H,24,27)(H,20,21,23). The van der Waals surface area contributed by atoms with Gasteiger partial charge in [0.1, 0.15) is 43.5 Å². The highest BCUT2D eigenvalue weighted by molar-refractivity contribution is 5.90. The van der Waals surface area contributed by atoms with Crippen LogP contribution < -0.4 is 10.6 Å². The molecule has 0 fully saturated rings. The van der Waals surface area contributed by atoms with Gasteiger partial charge >= 0.3 is 0 Å². The number of hydrogen-bond donors (Lipinski definition) is 2. The third-order valence-electron chi connectivity index (χ3n) is 3.63. The number of imidazole rings is 1. The number of hydrogen-bond acceptors (Lipinski definition) is 7. The summed E-state index contributed by atoms with van der Waals surface area (Å²) in [5, 5.41) is 9.91. The normalized spacial score (nSPS) is 10.5. The van der Waals surface area contributed by atoms with Gasteiger partial charge in [-0.1, -0.05) is 0 Å². The van der Waals surface area contributed by atoms with Crippen molar-refractivity contribution in [3.63, 3.8) is 0 Å². The molecule has 1 amide bonds. The Hall–Kier alpha value is -4.08. The van der Waals surface area contributed by atoms with Crippen LogP contribution >= 0.6 is 0 Å². The van der Waals surface area contributed by atoms with Gasteiger partial charge in [-0.3, -0.25) is 9.36 Å². The maximum atomic E-state index is 12.0. The van der Waals surface area contributed by atoms with Crippen molar-refractivity contribution < 1.29 is 4.79 Å². The van der Waals surface area contributed by atoms with E-state index in [0.717, 1.165) is 5.69 Å². The summed E-state index contributed by atoms with van der Waals surface area (Å²) in [5.74, 6) is 1.18. The molecule has 2 N–H and O–H groups in total. The number of nitrogens with zero attached hydrogens (tertiary/aromatic N) is 7. The number of rotatable bonds is 6. The molecule has 0 aliphatic heterocycles. The van der Waals surface area contributed by atoms with Gasteiger partial charge in [-0.25, -0.2) is 24.6 Å². The largest absolute Gasteiger partial charge is 0.340 e. The molecule has 3 aromatic heterocycles. The number of nitrogens with one attached hydrogen (secondary N) is 2. The summed E-state index contributed by atoms with van der Waals surface area (Å²) in [6.07, 6.45) is 9.53. The zero-order valence-corrected chi connectivity index (χ0v) is 14.1. The summed E-state index contributed by atoms with van der Waals surface area (Å²) in [5.41, 5.74) is 1.52. The van der Waals surface area contributed by atoms with Crippen molar-refractivity contribution >= 4 is 23.1 Å². The molecule has 0 saturated heterocycles. The van der Waals surface area contributed by atoms with Gasteiger partial charge in [-0.15, -0.1) is 0 Å². The van der Waals surface area contributed by atoms with Gasteiger partial charge < -0.3 is 10.6 Å². The van der Waals surface area contributed by atoms with Gasteiger partial charge in [0.05, 0.1) is 0 Å². The molecule has 1 aromatic carbocycles. The first kappa shape index (κ1) is 16.4. The van der Waals surface area contributed by atoms with Crippen LogP contribution in [0, 0.1) is 0 Å². The fourth-order valence-electron chi connectivity index (χ4n) is 2.40. The number of carbonyl (C=O) groups is 1. The molecule has 4 aromatic rings. The third-order valence-corrected chi connectivity index (χ3v) is 3.63. The van der Waals surface area contributed by atoms with Crippen molar-refractivity contribution in [1.29, 1.82) is 0 Å². The van der Waals surface area contributed by atoms with Crippen molar-refractivity contribution in [1.82, 2.24) is 34.3 Å². The van der Waals surface area contributed by atoms with Crippen LogP contribution in [0.2, 0.25) is 0 Å². The summed E-state index contributed by atoms with van der Waals surface area (Å²) >= 11 is 0. The van der Waals surface area contributed by atoms with Crippen molar-refractivity contribution in [2.24, 2.45) is 0 Å². The molecule has 0 unspecified atom stereocenters. The van der Waals surface area contributed by atoms with Crippen molar-refractivity contribution in [2.75, 3.05) is 10.6 Å². The number of anilines is 3. The summed E-state index contributed by atoms with van der Waals surface area (Å²) in [6.45, 7) is 0.109. The van der Waals surface area contributed by atoms with E-state index in [1.807, 2.05) is 24.4 Å². The van der Waals surface area contributed by atoms with Crippen LogP contribution in [0.25, 0.3) is 5.82 Å². The van der Waals surface area contributed by atoms with E-state index in [0.29, 0.717) is 17.3 Å². The topological polar surface area (TPSA) is 115 Å². The van der Waals surface area contributed by atoms with Gasteiger partial charge in [0.25, 0.3) is 0 Å². The molecule has 0 spiro atoms. The van der Waals surface area contributed by atoms with Gasteiger partial charge in [-0.2, -0.15) is 5.10 Å². The average Bonchev–Trinajstić information content (AvgIpc) is 3.37. The molecule has 0 aliphatic rings. The molecule has 0 bridgehead atoms. The highest BCUT2D eigenvalue weighted by Gasteiger charge is 2.05. The first-order valence-corrected chi connectivity index (χ1v) is 8.06. The second-order valence-corrected chi connectivity index (χ2v) is 5.57. The van der Waals surface area contributed by atoms with Crippen molar-refractivity contribution in [2.45, 2.75) is 6.54 Å². The predicted molar refractivity (Wildman–Crippen MR) is 97.5 cm³/mol. The molecule has 0 aliphatic carbocycles. The minimum atomic E-state index is -0.179. The smallest absolute Gasteiger partial charge is 0.246 e. The van der Waals surface area contributed by atoms with E-state index in [-0.39, 0.29) is 12.5 Å². The highest BCUT2D eigenvalue weighted by atomic mass is 16.2. The lowest BCUT2D eigenvalue weighted by atomic mass is 10.2. The predicted octanol–water partition coefficient (Wildman–Crippen LogP) is 1.64. The Labute approximate surface area is 153 Å². The van der Waals surface area contributed by atoms with Gasteiger partial charge in [0.2, 0.25) is 5.91 Å². The summed E-state index contributed by atoms with van der Waals surface area (Å²) in [7, 11) is 0. The Balaban J connectivity index is 1.39. The Bertz CT molecular complexity index is 1010. The van der Waals surface area contributed by atoms with E-state index in [2.05, 4.69) is 35.7 Å². The number of carbonyl (C=O) groups excluding carboxylic acids is 1. The van der Waals surface area contributed by atoms with Crippen LogP contribution in [0.1, 0.15) is 0 Å².